The fourth-order valence-electron chi connectivity index (χ4n) is 1.89. The number of aliphatic hydroxyl groups is 1. The number of likely N-dealkylation sites (tertiary alicyclic amines) is 1. The Labute approximate surface area is 87.6 Å². The van der Waals surface area contributed by atoms with Crippen LogP contribution in [0.25, 0.3) is 0 Å². The predicted octanol–water partition coefficient (Wildman–Crippen LogP) is 2.19. The van der Waals surface area contributed by atoms with Crippen molar-refractivity contribution in [2.24, 2.45) is 0 Å². The zero-order valence-electron chi connectivity index (χ0n) is 9.55. The Kier molecular flexibility index (Phi) is 4.14. The maximum absolute atomic E-state index is 9.91. The van der Waals surface area contributed by atoms with Gasteiger partial charge in [-0.3, -0.25) is 0 Å². The van der Waals surface area contributed by atoms with Crippen molar-refractivity contribution in [2.75, 3.05) is 19.6 Å². The minimum absolute atomic E-state index is 0.433. The SMILES string of the molecule is C=C(C)CCN1CCCC(C)(O)CC1. The first-order chi connectivity index (χ1) is 6.49. The van der Waals surface area contributed by atoms with E-state index in [0.717, 1.165) is 45.3 Å². The first-order valence-corrected chi connectivity index (χ1v) is 5.59. The highest BCUT2D eigenvalue weighted by molar-refractivity contribution is 4.89. The molecule has 1 aliphatic heterocycles. The molecule has 0 radical (unpaired) electrons. The average molecular weight is 197 g/mol. The summed E-state index contributed by atoms with van der Waals surface area (Å²) < 4.78 is 0. The molecule has 14 heavy (non-hydrogen) atoms. The molecule has 0 aromatic carbocycles. The van der Waals surface area contributed by atoms with E-state index in [0.29, 0.717) is 0 Å². The molecule has 0 bridgehead atoms. The highest BCUT2D eigenvalue weighted by Gasteiger charge is 2.24. The molecule has 1 atom stereocenters. The molecule has 0 saturated carbocycles. The Morgan fingerprint density at radius 3 is 2.79 bits per heavy atom. The van der Waals surface area contributed by atoms with Crippen LogP contribution < -0.4 is 0 Å². The molecule has 2 heteroatoms. The largest absolute Gasteiger partial charge is 0.390 e. The lowest BCUT2D eigenvalue weighted by Crippen LogP contribution is -2.29. The molecule has 1 N–H and O–H groups in total. The maximum atomic E-state index is 9.91. The number of hydrogen-bond donors (Lipinski definition) is 1. The summed E-state index contributed by atoms with van der Waals surface area (Å²) in [6, 6.07) is 0. The highest BCUT2D eigenvalue weighted by atomic mass is 16.3. The quantitative estimate of drug-likeness (QED) is 0.701. The molecule has 0 aliphatic carbocycles. The van der Waals surface area contributed by atoms with E-state index in [4.69, 9.17) is 0 Å². The predicted molar refractivity (Wildman–Crippen MR) is 60.3 cm³/mol. The lowest BCUT2D eigenvalue weighted by atomic mass is 9.98. The van der Waals surface area contributed by atoms with Crippen LogP contribution in [0.3, 0.4) is 0 Å². The molecular formula is C12H23NO. The van der Waals surface area contributed by atoms with E-state index in [1.807, 2.05) is 6.92 Å². The topological polar surface area (TPSA) is 23.5 Å². The lowest BCUT2D eigenvalue weighted by molar-refractivity contribution is 0.0447. The summed E-state index contributed by atoms with van der Waals surface area (Å²) >= 11 is 0. The Hall–Kier alpha value is -0.340. The van der Waals surface area contributed by atoms with Crippen molar-refractivity contribution in [1.29, 1.82) is 0 Å². The van der Waals surface area contributed by atoms with Crippen molar-refractivity contribution >= 4 is 0 Å². The summed E-state index contributed by atoms with van der Waals surface area (Å²) in [6.45, 7) is 11.2. The van der Waals surface area contributed by atoms with Gasteiger partial charge in [-0.25, -0.2) is 0 Å². The fraction of sp³-hybridized carbons (Fsp3) is 0.833. The normalized spacial score (nSPS) is 29.9. The van der Waals surface area contributed by atoms with E-state index in [-0.39, 0.29) is 0 Å². The van der Waals surface area contributed by atoms with Gasteiger partial charge in [0.05, 0.1) is 5.60 Å². The van der Waals surface area contributed by atoms with Crippen molar-refractivity contribution in [1.82, 2.24) is 4.90 Å². The van der Waals surface area contributed by atoms with E-state index in [9.17, 15) is 5.11 Å². The van der Waals surface area contributed by atoms with Gasteiger partial charge in [0.1, 0.15) is 0 Å². The summed E-state index contributed by atoms with van der Waals surface area (Å²) in [5.41, 5.74) is 0.818. The molecule has 0 amide bonds. The van der Waals surface area contributed by atoms with Crippen molar-refractivity contribution in [3.05, 3.63) is 12.2 Å². The molecule has 1 fully saturated rings. The zero-order valence-corrected chi connectivity index (χ0v) is 9.55. The summed E-state index contributed by atoms with van der Waals surface area (Å²) in [6.07, 6.45) is 4.05. The average Bonchev–Trinajstić information content (AvgIpc) is 2.23. The Morgan fingerprint density at radius 2 is 2.14 bits per heavy atom. The Morgan fingerprint density at radius 1 is 1.43 bits per heavy atom. The van der Waals surface area contributed by atoms with Crippen molar-refractivity contribution < 1.29 is 5.11 Å². The molecule has 1 rings (SSSR count). The van der Waals surface area contributed by atoms with Crippen LogP contribution in [0.1, 0.15) is 39.5 Å². The van der Waals surface area contributed by atoms with Gasteiger partial charge in [-0.15, -0.1) is 6.58 Å². The third-order valence-electron chi connectivity index (χ3n) is 3.01. The summed E-state index contributed by atoms with van der Waals surface area (Å²) in [5, 5.41) is 9.91. The third kappa shape index (κ3) is 4.25. The van der Waals surface area contributed by atoms with Gasteiger partial charge in [-0.1, -0.05) is 5.57 Å². The van der Waals surface area contributed by atoms with Gasteiger partial charge in [0, 0.05) is 13.1 Å². The van der Waals surface area contributed by atoms with Crippen LogP contribution in [-0.2, 0) is 0 Å². The van der Waals surface area contributed by atoms with Crippen LogP contribution in [-0.4, -0.2) is 35.2 Å². The van der Waals surface area contributed by atoms with E-state index < -0.39 is 5.60 Å². The van der Waals surface area contributed by atoms with Crippen LogP contribution >= 0.6 is 0 Å². The van der Waals surface area contributed by atoms with Crippen LogP contribution in [0.4, 0.5) is 0 Å². The zero-order chi connectivity index (χ0) is 10.6. The molecule has 2 nitrogen and oxygen atoms in total. The smallest absolute Gasteiger partial charge is 0.0632 e. The van der Waals surface area contributed by atoms with Gasteiger partial charge in [-0.2, -0.15) is 0 Å². The molecule has 1 heterocycles. The number of rotatable bonds is 3. The fourth-order valence-corrected chi connectivity index (χ4v) is 1.89. The number of nitrogens with zero attached hydrogens (tertiary/aromatic N) is 1. The van der Waals surface area contributed by atoms with Gasteiger partial charge in [0.15, 0.2) is 0 Å². The van der Waals surface area contributed by atoms with Gasteiger partial charge < -0.3 is 10.0 Å². The Balaban J connectivity index is 2.31. The van der Waals surface area contributed by atoms with E-state index >= 15 is 0 Å². The van der Waals surface area contributed by atoms with Crippen molar-refractivity contribution in [3.63, 3.8) is 0 Å². The second-order valence-corrected chi connectivity index (χ2v) is 4.90. The van der Waals surface area contributed by atoms with Crippen LogP contribution in [0.5, 0.6) is 0 Å². The monoisotopic (exact) mass is 197 g/mol. The maximum Gasteiger partial charge on any atom is 0.0632 e. The summed E-state index contributed by atoms with van der Waals surface area (Å²) in [5.74, 6) is 0. The van der Waals surface area contributed by atoms with Crippen LogP contribution in [0.15, 0.2) is 12.2 Å². The molecule has 0 aromatic heterocycles. The summed E-state index contributed by atoms with van der Waals surface area (Å²) in [7, 11) is 0. The molecule has 0 aromatic rings. The molecule has 1 unspecified atom stereocenters. The second kappa shape index (κ2) is 4.94. The van der Waals surface area contributed by atoms with Gasteiger partial charge in [0.2, 0.25) is 0 Å². The minimum Gasteiger partial charge on any atom is -0.390 e. The first-order valence-electron chi connectivity index (χ1n) is 5.59. The Bertz CT molecular complexity index is 198. The van der Waals surface area contributed by atoms with Crippen LogP contribution in [0.2, 0.25) is 0 Å². The standard InChI is InChI=1S/C12H23NO/c1-11(2)5-9-13-8-4-6-12(3,14)7-10-13/h14H,1,4-10H2,2-3H3. The van der Waals surface area contributed by atoms with Gasteiger partial charge in [0.25, 0.3) is 0 Å². The molecule has 1 aliphatic rings. The van der Waals surface area contributed by atoms with Crippen molar-refractivity contribution in [3.8, 4) is 0 Å². The molecule has 1 saturated heterocycles. The third-order valence-corrected chi connectivity index (χ3v) is 3.01. The van der Waals surface area contributed by atoms with Gasteiger partial charge >= 0.3 is 0 Å². The van der Waals surface area contributed by atoms with Gasteiger partial charge in [-0.05, 0) is 46.1 Å². The van der Waals surface area contributed by atoms with E-state index in [1.165, 1.54) is 5.57 Å². The minimum atomic E-state index is -0.433. The lowest BCUT2D eigenvalue weighted by Gasteiger charge is -2.22. The first kappa shape index (κ1) is 11.7. The highest BCUT2D eigenvalue weighted by Crippen LogP contribution is 2.21. The molecule has 82 valence electrons. The van der Waals surface area contributed by atoms with Crippen molar-refractivity contribution in [2.45, 2.75) is 45.1 Å². The second-order valence-electron chi connectivity index (χ2n) is 4.90. The summed E-state index contributed by atoms with van der Waals surface area (Å²) in [4.78, 5) is 2.44. The molecular weight excluding hydrogens is 174 g/mol. The number of hydrogen-bond acceptors (Lipinski definition) is 2. The van der Waals surface area contributed by atoms with E-state index in [2.05, 4.69) is 18.4 Å². The van der Waals surface area contributed by atoms with E-state index in [1.54, 1.807) is 0 Å². The molecule has 0 spiro atoms. The van der Waals surface area contributed by atoms with Crippen LogP contribution in [0, 0.1) is 0 Å².